The first kappa shape index (κ1) is 36.9. The van der Waals surface area contributed by atoms with Crippen molar-refractivity contribution in [3.63, 3.8) is 0 Å². The maximum absolute atomic E-state index is 13.2. The molecule has 0 spiro atoms. The summed E-state index contributed by atoms with van der Waals surface area (Å²) in [5.74, 6) is 1.43. The van der Waals surface area contributed by atoms with Crippen molar-refractivity contribution in [2.75, 3.05) is 0 Å². The number of hydrogen-bond donors (Lipinski definition) is 0. The summed E-state index contributed by atoms with van der Waals surface area (Å²) in [5.41, 5.74) is 5.84. The highest BCUT2D eigenvalue weighted by molar-refractivity contribution is 6.01. The Morgan fingerprint density at radius 2 is 1.51 bits per heavy atom. The van der Waals surface area contributed by atoms with Gasteiger partial charge >= 0.3 is 0 Å². The van der Waals surface area contributed by atoms with Crippen LogP contribution in [0.4, 0.5) is 0 Å². The van der Waals surface area contributed by atoms with Crippen molar-refractivity contribution >= 4 is 23.1 Å². The van der Waals surface area contributed by atoms with Crippen molar-refractivity contribution in [1.29, 1.82) is 0 Å². The molecule has 1 aliphatic rings. The number of Topliss-reactive ketones (excluding diaryl/α,β-unsaturated/α-hetero) is 4. The fraction of sp³-hybridized carbons (Fsp3) is 0.714. The number of ketones is 4. The lowest BCUT2D eigenvalue weighted by Gasteiger charge is -2.33. The minimum atomic E-state index is -0.0744. The molecule has 1 aromatic carbocycles. The molecule has 1 aliphatic carbocycles. The highest BCUT2D eigenvalue weighted by Gasteiger charge is 2.34. The van der Waals surface area contributed by atoms with Gasteiger partial charge in [-0.1, -0.05) is 73.8 Å². The van der Waals surface area contributed by atoms with Gasteiger partial charge in [-0.15, -0.1) is 0 Å². The Labute approximate surface area is 240 Å². The van der Waals surface area contributed by atoms with E-state index in [2.05, 4.69) is 61.5 Å². The van der Waals surface area contributed by atoms with E-state index in [9.17, 15) is 19.2 Å². The minimum absolute atomic E-state index is 0.0428. The lowest BCUT2D eigenvalue weighted by Crippen LogP contribution is -2.30. The van der Waals surface area contributed by atoms with Gasteiger partial charge in [0.05, 0.1) is 6.42 Å². The molecule has 39 heavy (non-hydrogen) atoms. The normalized spacial score (nSPS) is 15.8. The highest BCUT2D eigenvalue weighted by Crippen LogP contribution is 2.39. The molecule has 2 rings (SSSR count). The molecule has 0 N–H and O–H groups in total. The van der Waals surface area contributed by atoms with E-state index in [4.69, 9.17) is 0 Å². The second-order valence-electron chi connectivity index (χ2n) is 11.9. The van der Waals surface area contributed by atoms with E-state index in [1.165, 1.54) is 30.0 Å². The Balaban J connectivity index is 0.00000139. The molecule has 0 heterocycles. The third-order valence-corrected chi connectivity index (χ3v) is 7.60. The van der Waals surface area contributed by atoms with Gasteiger partial charge in [0.15, 0.2) is 5.78 Å². The first-order valence-electron chi connectivity index (χ1n) is 15.5. The molecule has 0 radical (unpaired) electrons. The zero-order valence-electron chi connectivity index (χ0n) is 27.1. The van der Waals surface area contributed by atoms with E-state index < -0.39 is 0 Å². The standard InChI is InChI=1S/C27H40O3.C5H10O.C3H8/c1-8-10-21(22(9-2)25(29)12-18(6)28)13-20-14-24-23(16(3)4)11-17(5)19(7)27(24)26(30)15-20;1-3-4-5(2)6;1-3-2/h11,16,20-22H,8-10,12-15H2,1-7H3;3-4H2,1-2H3;3H2,1-2H3. The molecule has 0 saturated heterocycles. The largest absolute Gasteiger partial charge is 0.300 e. The van der Waals surface area contributed by atoms with Gasteiger partial charge in [-0.3, -0.25) is 14.4 Å². The Morgan fingerprint density at radius 1 is 0.923 bits per heavy atom. The Bertz CT molecular complexity index is 940. The molecule has 0 amide bonds. The predicted octanol–water partition coefficient (Wildman–Crippen LogP) is 9.34. The van der Waals surface area contributed by atoms with Gasteiger partial charge in [0.2, 0.25) is 0 Å². The van der Waals surface area contributed by atoms with Crippen molar-refractivity contribution in [2.45, 2.75) is 146 Å². The van der Waals surface area contributed by atoms with Crippen molar-refractivity contribution < 1.29 is 19.2 Å². The van der Waals surface area contributed by atoms with Gasteiger partial charge in [-0.2, -0.15) is 0 Å². The van der Waals surface area contributed by atoms with Crippen LogP contribution in [0.1, 0.15) is 159 Å². The SMILES string of the molecule is CCC.CCCC(C)=O.CCCC(CC1CC(=O)c2c(C)c(C)cc(C(C)C)c2C1)C(CC)C(=O)CC(C)=O. The summed E-state index contributed by atoms with van der Waals surface area (Å²) in [6, 6.07) is 2.27. The van der Waals surface area contributed by atoms with E-state index in [1.807, 2.05) is 6.92 Å². The van der Waals surface area contributed by atoms with Gasteiger partial charge in [0.1, 0.15) is 17.3 Å². The fourth-order valence-corrected chi connectivity index (χ4v) is 5.84. The number of fused-ring (bicyclic) bond motifs is 1. The Hall–Kier alpha value is -2.10. The van der Waals surface area contributed by atoms with Gasteiger partial charge < -0.3 is 4.79 Å². The molecule has 4 heteroatoms. The number of carbonyl (C=O) groups is 4. The van der Waals surface area contributed by atoms with Crippen LogP contribution in [-0.2, 0) is 20.8 Å². The molecule has 0 bridgehead atoms. The molecular weight excluding hydrogens is 484 g/mol. The van der Waals surface area contributed by atoms with E-state index >= 15 is 0 Å². The minimum Gasteiger partial charge on any atom is -0.300 e. The average molecular weight is 543 g/mol. The van der Waals surface area contributed by atoms with Crippen LogP contribution < -0.4 is 0 Å². The number of carbonyl (C=O) groups excluding carboxylic acids is 4. The maximum Gasteiger partial charge on any atom is 0.163 e. The lowest BCUT2D eigenvalue weighted by atomic mass is 9.70. The van der Waals surface area contributed by atoms with Gasteiger partial charge in [0, 0.05) is 24.3 Å². The molecule has 0 aliphatic heterocycles. The summed E-state index contributed by atoms with van der Waals surface area (Å²) >= 11 is 0. The van der Waals surface area contributed by atoms with Crippen LogP contribution in [0.5, 0.6) is 0 Å². The highest BCUT2D eigenvalue weighted by atomic mass is 16.1. The fourth-order valence-electron chi connectivity index (χ4n) is 5.84. The predicted molar refractivity (Wildman–Crippen MR) is 165 cm³/mol. The van der Waals surface area contributed by atoms with Crippen LogP contribution in [0.25, 0.3) is 0 Å². The summed E-state index contributed by atoms with van der Waals surface area (Å²) in [6.45, 7) is 22.1. The smallest absolute Gasteiger partial charge is 0.163 e. The monoisotopic (exact) mass is 542 g/mol. The van der Waals surface area contributed by atoms with Crippen molar-refractivity contribution in [2.24, 2.45) is 17.8 Å². The van der Waals surface area contributed by atoms with Crippen LogP contribution in [0.3, 0.4) is 0 Å². The van der Waals surface area contributed by atoms with Crippen molar-refractivity contribution in [3.05, 3.63) is 33.9 Å². The second kappa shape index (κ2) is 19.1. The van der Waals surface area contributed by atoms with Crippen LogP contribution in [0, 0.1) is 31.6 Å². The number of benzene rings is 1. The molecule has 1 aromatic rings. The second-order valence-corrected chi connectivity index (χ2v) is 11.9. The van der Waals surface area contributed by atoms with E-state index in [-0.39, 0.29) is 47.3 Å². The van der Waals surface area contributed by atoms with Crippen molar-refractivity contribution in [3.8, 4) is 0 Å². The average Bonchev–Trinajstić information content (AvgIpc) is 2.82. The molecule has 4 nitrogen and oxygen atoms in total. The summed E-state index contributed by atoms with van der Waals surface area (Å²) in [7, 11) is 0. The number of aryl methyl sites for hydroxylation is 1. The molecule has 0 fully saturated rings. The zero-order chi connectivity index (χ0) is 30.3. The van der Waals surface area contributed by atoms with E-state index in [0.29, 0.717) is 12.3 Å². The quantitative estimate of drug-likeness (QED) is 0.247. The molecule has 0 aromatic heterocycles. The summed E-state index contributed by atoms with van der Waals surface area (Å²) in [6.07, 6.45) is 8.16. The first-order valence-corrected chi connectivity index (χ1v) is 15.5. The van der Waals surface area contributed by atoms with Crippen LogP contribution in [0.2, 0.25) is 0 Å². The Morgan fingerprint density at radius 3 is 1.92 bits per heavy atom. The Kier molecular flexibility index (Phi) is 18.0. The first-order chi connectivity index (χ1) is 18.3. The van der Waals surface area contributed by atoms with Crippen LogP contribution >= 0.6 is 0 Å². The third-order valence-electron chi connectivity index (χ3n) is 7.60. The number of hydrogen-bond acceptors (Lipinski definition) is 4. The molecule has 3 atom stereocenters. The zero-order valence-corrected chi connectivity index (χ0v) is 27.1. The topological polar surface area (TPSA) is 68.3 Å². The maximum atomic E-state index is 13.2. The van der Waals surface area contributed by atoms with Gasteiger partial charge in [0.25, 0.3) is 0 Å². The molecular formula is C35H58O4. The summed E-state index contributed by atoms with van der Waals surface area (Å²) in [4.78, 5) is 47.5. The molecule has 222 valence electrons. The van der Waals surface area contributed by atoms with Gasteiger partial charge in [-0.05, 0) is 93.4 Å². The van der Waals surface area contributed by atoms with E-state index in [0.717, 1.165) is 56.1 Å². The van der Waals surface area contributed by atoms with Crippen molar-refractivity contribution in [1.82, 2.24) is 0 Å². The van der Waals surface area contributed by atoms with Crippen LogP contribution in [0.15, 0.2) is 6.07 Å². The van der Waals surface area contributed by atoms with E-state index in [1.54, 1.807) is 6.92 Å². The third kappa shape index (κ3) is 12.3. The lowest BCUT2D eigenvalue weighted by molar-refractivity contribution is -0.130. The van der Waals surface area contributed by atoms with Crippen LogP contribution in [-0.4, -0.2) is 23.1 Å². The van der Waals surface area contributed by atoms with Gasteiger partial charge in [-0.25, -0.2) is 0 Å². The summed E-state index contributed by atoms with van der Waals surface area (Å²) in [5, 5.41) is 0. The molecule has 0 saturated carbocycles. The summed E-state index contributed by atoms with van der Waals surface area (Å²) < 4.78 is 0. The molecule has 3 unspecified atom stereocenters. The number of rotatable bonds is 12.